The zero-order valence-electron chi connectivity index (χ0n) is 11.4. The summed E-state index contributed by atoms with van der Waals surface area (Å²) in [7, 11) is 0. The molecule has 0 amide bonds. The van der Waals surface area contributed by atoms with Crippen molar-refractivity contribution in [2.75, 3.05) is 26.2 Å². The molecule has 4 nitrogen and oxygen atoms in total. The van der Waals surface area contributed by atoms with E-state index in [4.69, 9.17) is 11.5 Å². The molecule has 5 unspecified atom stereocenters. The molecule has 18 heavy (non-hydrogen) atoms. The number of piperidine rings is 2. The van der Waals surface area contributed by atoms with Gasteiger partial charge in [-0.05, 0) is 57.0 Å². The predicted molar refractivity (Wildman–Crippen MR) is 74.2 cm³/mol. The molecule has 4 aliphatic rings. The van der Waals surface area contributed by atoms with Crippen molar-refractivity contribution >= 4 is 0 Å². The van der Waals surface area contributed by atoms with Gasteiger partial charge in [0, 0.05) is 31.2 Å². The summed E-state index contributed by atoms with van der Waals surface area (Å²) in [5, 5.41) is 3.60. The fraction of sp³-hybridized carbons (Fsp3) is 1.00. The van der Waals surface area contributed by atoms with Gasteiger partial charge in [-0.15, -0.1) is 0 Å². The summed E-state index contributed by atoms with van der Waals surface area (Å²) >= 11 is 0. The van der Waals surface area contributed by atoms with Crippen molar-refractivity contribution in [3.63, 3.8) is 0 Å². The summed E-state index contributed by atoms with van der Waals surface area (Å²) in [5.74, 6) is 1.66. The van der Waals surface area contributed by atoms with Crippen LogP contribution in [0.5, 0.6) is 0 Å². The van der Waals surface area contributed by atoms with Gasteiger partial charge in [0.05, 0.1) is 0 Å². The van der Waals surface area contributed by atoms with Crippen molar-refractivity contribution in [3.8, 4) is 0 Å². The molecule has 4 saturated heterocycles. The van der Waals surface area contributed by atoms with Crippen molar-refractivity contribution in [3.05, 3.63) is 0 Å². The highest BCUT2D eigenvalue weighted by molar-refractivity contribution is 4.93. The molecule has 0 aliphatic carbocycles. The van der Waals surface area contributed by atoms with Gasteiger partial charge in [0.15, 0.2) is 0 Å². The third-order valence-electron chi connectivity index (χ3n) is 5.29. The van der Waals surface area contributed by atoms with Crippen LogP contribution in [0.25, 0.3) is 0 Å². The number of nitrogens with two attached hydrogens (primary N) is 2. The lowest BCUT2D eigenvalue weighted by atomic mass is 9.93. The molecule has 4 fully saturated rings. The first kappa shape index (κ1) is 12.9. The van der Waals surface area contributed by atoms with E-state index in [1.54, 1.807) is 0 Å². The van der Waals surface area contributed by atoms with E-state index in [1.165, 1.54) is 45.2 Å². The largest absolute Gasteiger partial charge is 0.330 e. The fourth-order valence-corrected chi connectivity index (χ4v) is 4.19. The third-order valence-corrected chi connectivity index (χ3v) is 5.29. The minimum atomic E-state index is 0.503. The number of nitrogens with one attached hydrogen (secondary N) is 1. The average molecular weight is 252 g/mol. The van der Waals surface area contributed by atoms with Crippen LogP contribution in [0, 0.1) is 11.8 Å². The molecular formula is C14H28N4. The van der Waals surface area contributed by atoms with Crippen LogP contribution in [0.1, 0.15) is 32.1 Å². The van der Waals surface area contributed by atoms with Gasteiger partial charge < -0.3 is 21.7 Å². The van der Waals surface area contributed by atoms with Gasteiger partial charge >= 0.3 is 0 Å². The molecule has 4 aliphatic heterocycles. The highest BCUT2D eigenvalue weighted by Crippen LogP contribution is 2.29. The smallest absolute Gasteiger partial charge is 0.0209 e. The van der Waals surface area contributed by atoms with E-state index in [0.717, 1.165) is 37.0 Å². The molecule has 5 atom stereocenters. The lowest BCUT2D eigenvalue weighted by Gasteiger charge is -2.27. The molecule has 104 valence electrons. The number of hydrogen-bond donors (Lipinski definition) is 3. The molecule has 4 bridgehead atoms. The average Bonchev–Trinajstić information content (AvgIpc) is 3.06. The van der Waals surface area contributed by atoms with Crippen LogP contribution in [-0.4, -0.2) is 49.2 Å². The molecule has 0 aromatic rings. The van der Waals surface area contributed by atoms with Gasteiger partial charge in [0.1, 0.15) is 0 Å². The van der Waals surface area contributed by atoms with Gasteiger partial charge in [-0.3, -0.25) is 0 Å². The first-order chi connectivity index (χ1) is 8.74. The number of hydrogen-bond acceptors (Lipinski definition) is 4. The zero-order chi connectivity index (χ0) is 12.5. The van der Waals surface area contributed by atoms with Crippen LogP contribution in [0.15, 0.2) is 0 Å². The maximum absolute atomic E-state index is 5.78. The Balaban J connectivity index is 0.000000114. The Morgan fingerprint density at radius 1 is 1.06 bits per heavy atom. The minimum Gasteiger partial charge on any atom is -0.330 e. The maximum atomic E-state index is 5.78. The van der Waals surface area contributed by atoms with Crippen molar-refractivity contribution in [2.45, 2.75) is 50.2 Å². The van der Waals surface area contributed by atoms with Crippen LogP contribution in [0.4, 0.5) is 0 Å². The van der Waals surface area contributed by atoms with Crippen molar-refractivity contribution in [1.82, 2.24) is 10.2 Å². The Morgan fingerprint density at radius 2 is 1.78 bits per heavy atom. The van der Waals surface area contributed by atoms with Gasteiger partial charge in [0.2, 0.25) is 0 Å². The first-order valence-corrected chi connectivity index (χ1v) is 7.68. The Hall–Kier alpha value is -0.160. The summed E-state index contributed by atoms with van der Waals surface area (Å²) in [5.41, 5.74) is 11.4. The molecule has 0 spiro atoms. The van der Waals surface area contributed by atoms with Gasteiger partial charge in [-0.25, -0.2) is 0 Å². The van der Waals surface area contributed by atoms with Crippen molar-refractivity contribution in [2.24, 2.45) is 23.3 Å². The second-order valence-electron chi connectivity index (χ2n) is 6.68. The topological polar surface area (TPSA) is 67.3 Å². The maximum Gasteiger partial charge on any atom is 0.0209 e. The highest BCUT2D eigenvalue weighted by Gasteiger charge is 2.35. The van der Waals surface area contributed by atoms with E-state index in [2.05, 4.69) is 10.2 Å². The Labute approximate surface area is 110 Å². The molecular weight excluding hydrogens is 224 g/mol. The van der Waals surface area contributed by atoms with Gasteiger partial charge in [-0.2, -0.15) is 0 Å². The Kier molecular flexibility index (Phi) is 3.89. The summed E-state index contributed by atoms with van der Waals surface area (Å²) in [6.45, 7) is 4.64. The molecule has 4 rings (SSSR count). The third kappa shape index (κ3) is 2.72. The quantitative estimate of drug-likeness (QED) is 0.620. The lowest BCUT2D eigenvalue weighted by molar-refractivity contribution is 0.306. The summed E-state index contributed by atoms with van der Waals surface area (Å²) in [4.78, 5) is 2.45. The van der Waals surface area contributed by atoms with Crippen LogP contribution in [0.2, 0.25) is 0 Å². The molecule has 0 aromatic carbocycles. The van der Waals surface area contributed by atoms with E-state index in [1.807, 2.05) is 0 Å². The summed E-state index contributed by atoms with van der Waals surface area (Å²) in [6, 6.07) is 2.13. The Morgan fingerprint density at radius 3 is 2.17 bits per heavy atom. The molecule has 0 aromatic heterocycles. The van der Waals surface area contributed by atoms with Crippen LogP contribution < -0.4 is 16.8 Å². The van der Waals surface area contributed by atoms with Gasteiger partial charge in [0.25, 0.3) is 0 Å². The van der Waals surface area contributed by atoms with Crippen LogP contribution in [-0.2, 0) is 0 Å². The standard InChI is InChI=1S/C8H16N2.C6H12N2/c9-5-6-3-7-1-2-8(4-6)10-7;7-6-4-8-2-1-5(6)3-8/h6-8,10H,1-5,9H2;5-6H,1-4,7H2. The number of fused-ring (bicyclic) bond motifs is 4. The van der Waals surface area contributed by atoms with E-state index in [0.29, 0.717) is 6.04 Å². The predicted octanol–water partition coefficient (Wildman–Crippen LogP) is 0.125. The molecule has 0 saturated carbocycles. The lowest BCUT2D eigenvalue weighted by Crippen LogP contribution is -2.40. The monoisotopic (exact) mass is 252 g/mol. The van der Waals surface area contributed by atoms with Crippen LogP contribution >= 0.6 is 0 Å². The summed E-state index contributed by atoms with van der Waals surface area (Å²) < 4.78 is 0. The van der Waals surface area contributed by atoms with Gasteiger partial charge in [-0.1, -0.05) is 0 Å². The second kappa shape index (κ2) is 5.45. The summed E-state index contributed by atoms with van der Waals surface area (Å²) in [6.07, 6.45) is 6.78. The van der Waals surface area contributed by atoms with Crippen molar-refractivity contribution < 1.29 is 0 Å². The second-order valence-corrected chi connectivity index (χ2v) is 6.68. The zero-order valence-corrected chi connectivity index (χ0v) is 11.4. The molecule has 4 heteroatoms. The van der Waals surface area contributed by atoms with E-state index in [-0.39, 0.29) is 0 Å². The minimum absolute atomic E-state index is 0.503. The Bertz CT molecular complexity index is 269. The van der Waals surface area contributed by atoms with Crippen molar-refractivity contribution in [1.29, 1.82) is 0 Å². The first-order valence-electron chi connectivity index (χ1n) is 7.68. The number of rotatable bonds is 1. The van der Waals surface area contributed by atoms with E-state index in [9.17, 15) is 0 Å². The molecule has 5 N–H and O–H groups in total. The van der Waals surface area contributed by atoms with E-state index < -0.39 is 0 Å². The SMILES string of the molecule is NC1CN2CCC1C2.NCC1CC2CCC(C1)N2. The highest BCUT2D eigenvalue weighted by atomic mass is 15.2. The van der Waals surface area contributed by atoms with E-state index >= 15 is 0 Å². The number of nitrogens with zero attached hydrogens (tertiary/aromatic N) is 1. The molecule has 0 radical (unpaired) electrons. The normalized spacial score (nSPS) is 49.0. The molecule has 4 heterocycles. The van der Waals surface area contributed by atoms with Crippen LogP contribution in [0.3, 0.4) is 0 Å². The fourth-order valence-electron chi connectivity index (χ4n) is 4.19.